The standard InChI is InChI=1S/C17H23BrN2O/c18-15-7-3-4-8-16(15)19-17(21)12-20-10-9-13-5-1-2-6-14(13)11-20/h3-4,7-8,13-14H,1-2,5-6,9-12H2,(H,19,21)/p+1/t13-,14+/m0/s1. The van der Waals surface area contributed by atoms with Crippen molar-refractivity contribution in [2.45, 2.75) is 32.1 Å². The topological polar surface area (TPSA) is 33.5 Å². The van der Waals surface area contributed by atoms with Gasteiger partial charge in [0.25, 0.3) is 5.91 Å². The summed E-state index contributed by atoms with van der Waals surface area (Å²) in [6.07, 6.45) is 6.90. The van der Waals surface area contributed by atoms with E-state index in [1.807, 2.05) is 24.3 Å². The van der Waals surface area contributed by atoms with Crippen molar-refractivity contribution in [2.75, 3.05) is 25.0 Å². The molecule has 0 bridgehead atoms. The molecule has 1 aromatic carbocycles. The summed E-state index contributed by atoms with van der Waals surface area (Å²) in [4.78, 5) is 13.7. The number of benzene rings is 1. The Hall–Kier alpha value is -0.870. The first kappa shape index (κ1) is 15.0. The number of hydrogen-bond acceptors (Lipinski definition) is 1. The molecule has 1 unspecified atom stereocenters. The highest BCUT2D eigenvalue weighted by molar-refractivity contribution is 9.10. The van der Waals surface area contributed by atoms with Crippen LogP contribution >= 0.6 is 15.9 Å². The molecular formula is C17H24BrN2O+. The SMILES string of the molecule is O=C(C[NH+]1CC[C@@H]2CCCC[C@@H]2C1)Nc1ccccc1Br. The highest BCUT2D eigenvalue weighted by Crippen LogP contribution is 2.32. The minimum absolute atomic E-state index is 0.131. The van der Waals surface area contributed by atoms with Gasteiger partial charge in [0, 0.05) is 10.4 Å². The molecular weight excluding hydrogens is 328 g/mol. The summed E-state index contributed by atoms with van der Waals surface area (Å²) < 4.78 is 0.944. The number of para-hydroxylation sites is 1. The first-order valence-electron chi connectivity index (χ1n) is 8.10. The Balaban J connectivity index is 1.52. The minimum atomic E-state index is 0.131. The molecule has 1 aliphatic heterocycles. The fourth-order valence-electron chi connectivity index (χ4n) is 3.94. The highest BCUT2D eigenvalue weighted by atomic mass is 79.9. The Labute approximate surface area is 135 Å². The van der Waals surface area contributed by atoms with Gasteiger partial charge in [-0.3, -0.25) is 4.79 Å². The fraction of sp³-hybridized carbons (Fsp3) is 0.588. The lowest BCUT2D eigenvalue weighted by Crippen LogP contribution is -3.15. The highest BCUT2D eigenvalue weighted by Gasteiger charge is 2.34. The molecule has 21 heavy (non-hydrogen) atoms. The number of piperidine rings is 1. The van der Waals surface area contributed by atoms with Crippen molar-refractivity contribution < 1.29 is 9.69 Å². The van der Waals surface area contributed by atoms with E-state index < -0.39 is 0 Å². The Bertz CT molecular complexity index is 505. The van der Waals surface area contributed by atoms with E-state index in [0.717, 1.165) is 28.5 Å². The zero-order chi connectivity index (χ0) is 14.7. The smallest absolute Gasteiger partial charge is 0.279 e. The normalized spacial score (nSPS) is 28.7. The number of carbonyl (C=O) groups excluding carboxylic acids is 1. The van der Waals surface area contributed by atoms with Gasteiger partial charge >= 0.3 is 0 Å². The molecule has 0 aromatic heterocycles. The molecule has 114 valence electrons. The number of halogens is 1. The molecule has 1 aliphatic carbocycles. The third-order valence-corrected chi connectivity index (χ3v) is 5.74. The molecule has 1 amide bonds. The van der Waals surface area contributed by atoms with Gasteiger partial charge in [-0.1, -0.05) is 25.0 Å². The molecule has 2 fully saturated rings. The molecule has 0 radical (unpaired) electrons. The monoisotopic (exact) mass is 351 g/mol. The van der Waals surface area contributed by atoms with Crippen LogP contribution in [0.25, 0.3) is 0 Å². The third-order valence-electron chi connectivity index (χ3n) is 5.04. The summed E-state index contributed by atoms with van der Waals surface area (Å²) in [5, 5.41) is 3.02. The number of nitrogens with one attached hydrogen (secondary N) is 2. The van der Waals surface area contributed by atoms with Crippen LogP contribution in [-0.2, 0) is 4.79 Å². The number of amides is 1. The molecule has 3 rings (SSSR count). The summed E-state index contributed by atoms with van der Waals surface area (Å²) in [6.45, 7) is 2.95. The molecule has 2 aliphatic rings. The van der Waals surface area contributed by atoms with Crippen molar-refractivity contribution in [3.8, 4) is 0 Å². The van der Waals surface area contributed by atoms with E-state index in [0.29, 0.717) is 6.54 Å². The van der Waals surface area contributed by atoms with Crippen molar-refractivity contribution in [2.24, 2.45) is 11.8 Å². The fourth-order valence-corrected chi connectivity index (χ4v) is 4.32. The zero-order valence-electron chi connectivity index (χ0n) is 12.4. The van der Waals surface area contributed by atoms with Gasteiger partial charge in [0.15, 0.2) is 6.54 Å². The molecule has 2 N–H and O–H groups in total. The lowest BCUT2D eigenvalue weighted by Gasteiger charge is -2.38. The number of fused-ring (bicyclic) bond motifs is 1. The molecule has 1 heterocycles. The maximum absolute atomic E-state index is 12.2. The largest absolute Gasteiger partial charge is 0.327 e. The van der Waals surface area contributed by atoms with E-state index in [-0.39, 0.29) is 5.91 Å². The Morgan fingerprint density at radius 3 is 2.76 bits per heavy atom. The van der Waals surface area contributed by atoms with Crippen LogP contribution in [-0.4, -0.2) is 25.5 Å². The number of hydrogen-bond donors (Lipinski definition) is 2. The van der Waals surface area contributed by atoms with Gasteiger partial charge in [0.1, 0.15) is 0 Å². The second-order valence-corrected chi connectivity index (χ2v) is 7.36. The van der Waals surface area contributed by atoms with Gasteiger partial charge in [-0.05, 0) is 53.2 Å². The molecule has 4 heteroatoms. The van der Waals surface area contributed by atoms with Gasteiger partial charge in [-0.2, -0.15) is 0 Å². The minimum Gasteiger partial charge on any atom is -0.327 e. The number of likely N-dealkylation sites (tertiary alicyclic amines) is 1. The van der Waals surface area contributed by atoms with Crippen LogP contribution in [0.3, 0.4) is 0 Å². The second-order valence-electron chi connectivity index (χ2n) is 6.50. The van der Waals surface area contributed by atoms with E-state index >= 15 is 0 Å². The second kappa shape index (κ2) is 6.93. The van der Waals surface area contributed by atoms with E-state index in [1.54, 1.807) is 0 Å². The van der Waals surface area contributed by atoms with Crippen LogP contribution in [0.1, 0.15) is 32.1 Å². The van der Waals surface area contributed by atoms with Gasteiger partial charge in [-0.15, -0.1) is 0 Å². The summed E-state index contributed by atoms with van der Waals surface area (Å²) >= 11 is 3.47. The molecule has 3 nitrogen and oxygen atoms in total. The lowest BCUT2D eigenvalue weighted by atomic mass is 9.75. The first-order chi connectivity index (χ1) is 10.2. The predicted molar refractivity (Wildman–Crippen MR) is 88.4 cm³/mol. The van der Waals surface area contributed by atoms with Gasteiger partial charge in [0.2, 0.25) is 0 Å². The molecule has 0 spiro atoms. The first-order valence-corrected chi connectivity index (χ1v) is 8.89. The summed E-state index contributed by atoms with van der Waals surface area (Å²) in [7, 11) is 0. The van der Waals surface area contributed by atoms with E-state index in [4.69, 9.17) is 0 Å². The number of rotatable bonds is 3. The van der Waals surface area contributed by atoms with Crippen LogP contribution in [0.15, 0.2) is 28.7 Å². The average molecular weight is 352 g/mol. The lowest BCUT2D eigenvalue weighted by molar-refractivity contribution is -0.902. The Morgan fingerprint density at radius 2 is 1.95 bits per heavy atom. The van der Waals surface area contributed by atoms with E-state index in [9.17, 15) is 4.79 Å². The van der Waals surface area contributed by atoms with Gasteiger partial charge in [-0.25, -0.2) is 0 Å². The summed E-state index contributed by atoms with van der Waals surface area (Å²) in [6, 6.07) is 7.79. The molecule has 1 saturated carbocycles. The van der Waals surface area contributed by atoms with Crippen molar-refractivity contribution >= 4 is 27.5 Å². The quantitative estimate of drug-likeness (QED) is 0.861. The summed E-state index contributed by atoms with van der Waals surface area (Å²) in [5.74, 6) is 1.93. The van der Waals surface area contributed by atoms with Crippen molar-refractivity contribution in [3.05, 3.63) is 28.7 Å². The predicted octanol–water partition coefficient (Wildman–Crippen LogP) is 2.48. The average Bonchev–Trinajstić information content (AvgIpc) is 2.49. The van der Waals surface area contributed by atoms with Crippen LogP contribution in [0.5, 0.6) is 0 Å². The Morgan fingerprint density at radius 1 is 1.19 bits per heavy atom. The van der Waals surface area contributed by atoms with Gasteiger partial charge < -0.3 is 10.2 Å². The maximum atomic E-state index is 12.2. The zero-order valence-corrected chi connectivity index (χ0v) is 14.0. The van der Waals surface area contributed by atoms with Crippen LogP contribution in [0.2, 0.25) is 0 Å². The van der Waals surface area contributed by atoms with Crippen LogP contribution < -0.4 is 10.2 Å². The summed E-state index contributed by atoms with van der Waals surface area (Å²) in [5.41, 5.74) is 0.870. The maximum Gasteiger partial charge on any atom is 0.279 e. The van der Waals surface area contributed by atoms with Crippen molar-refractivity contribution in [1.82, 2.24) is 0 Å². The third kappa shape index (κ3) is 3.86. The van der Waals surface area contributed by atoms with E-state index in [2.05, 4.69) is 21.2 Å². The van der Waals surface area contributed by atoms with E-state index in [1.165, 1.54) is 43.5 Å². The number of carbonyl (C=O) groups is 1. The van der Waals surface area contributed by atoms with Crippen LogP contribution in [0, 0.1) is 11.8 Å². The Kier molecular flexibility index (Phi) is 4.96. The molecule has 3 atom stereocenters. The van der Waals surface area contributed by atoms with Crippen LogP contribution in [0.4, 0.5) is 5.69 Å². The van der Waals surface area contributed by atoms with Gasteiger partial charge in [0.05, 0.1) is 18.8 Å². The van der Waals surface area contributed by atoms with Crippen molar-refractivity contribution in [1.29, 1.82) is 0 Å². The number of anilines is 1. The molecule has 1 saturated heterocycles. The van der Waals surface area contributed by atoms with Crippen molar-refractivity contribution in [3.63, 3.8) is 0 Å². The molecule has 1 aromatic rings. The number of quaternary nitrogens is 1.